The fourth-order valence-corrected chi connectivity index (χ4v) is 4.20. The molecule has 1 saturated heterocycles. The summed E-state index contributed by atoms with van der Waals surface area (Å²) in [5, 5.41) is 15.3. The maximum absolute atomic E-state index is 12.4. The van der Waals surface area contributed by atoms with Gasteiger partial charge in [0, 0.05) is 19.1 Å². The van der Waals surface area contributed by atoms with Crippen LogP contribution in [0.2, 0.25) is 0 Å². The van der Waals surface area contributed by atoms with Gasteiger partial charge in [-0.15, -0.1) is 0 Å². The Hall–Kier alpha value is -1.43. The summed E-state index contributed by atoms with van der Waals surface area (Å²) in [5.74, 6) is 0. The summed E-state index contributed by atoms with van der Waals surface area (Å²) < 4.78 is 27.5. The maximum Gasteiger partial charge on any atom is 0.244 e. The van der Waals surface area contributed by atoms with Crippen molar-refractivity contribution in [2.45, 2.75) is 37.6 Å². The predicted molar refractivity (Wildman–Crippen MR) is 73.5 cm³/mol. The van der Waals surface area contributed by atoms with E-state index >= 15 is 0 Å². The summed E-state index contributed by atoms with van der Waals surface area (Å²) in [6.07, 6.45) is 1.44. The number of hydrogen-bond acceptors (Lipinski definition) is 5. The second-order valence-electron chi connectivity index (χ2n) is 5.09. The van der Waals surface area contributed by atoms with Crippen LogP contribution in [0.25, 0.3) is 0 Å². The van der Waals surface area contributed by atoms with Crippen molar-refractivity contribution < 1.29 is 8.42 Å². The summed E-state index contributed by atoms with van der Waals surface area (Å²) in [6.45, 7) is 5.26. The van der Waals surface area contributed by atoms with Gasteiger partial charge < -0.3 is 0 Å². The zero-order valence-corrected chi connectivity index (χ0v) is 12.5. The molecule has 7 nitrogen and oxygen atoms in total. The monoisotopic (exact) mass is 297 g/mol. The van der Waals surface area contributed by atoms with E-state index in [1.54, 1.807) is 13.8 Å². The highest BCUT2D eigenvalue weighted by Gasteiger charge is 2.27. The van der Waals surface area contributed by atoms with Crippen molar-refractivity contribution in [3.63, 3.8) is 0 Å². The fourth-order valence-electron chi connectivity index (χ4n) is 2.52. The van der Waals surface area contributed by atoms with Crippen LogP contribution in [0.4, 0.5) is 0 Å². The molecule has 8 heteroatoms. The minimum atomic E-state index is -3.53. The van der Waals surface area contributed by atoms with E-state index < -0.39 is 10.0 Å². The lowest BCUT2D eigenvalue weighted by Crippen LogP contribution is -2.44. The largest absolute Gasteiger partial charge is 0.290 e. The van der Waals surface area contributed by atoms with Crippen LogP contribution < -0.4 is 4.72 Å². The molecule has 0 bridgehead atoms. The molecule has 2 N–H and O–H groups in total. The normalized spacial score (nSPS) is 18.1. The standard InChI is InChI=1S/C12H19N5O2S/c1-9-12(10(2)15-14-9)20(18,19)16-11-3-6-17(7-4-11)8-5-13/h11,16H,3-4,6-8H2,1-2H3,(H,14,15). The molecular weight excluding hydrogens is 278 g/mol. The van der Waals surface area contributed by atoms with E-state index in [4.69, 9.17) is 5.26 Å². The SMILES string of the molecule is Cc1n[nH]c(C)c1S(=O)(=O)NC1CCN(CC#N)CC1. The molecule has 2 rings (SSSR count). The molecule has 1 aromatic rings. The third kappa shape index (κ3) is 3.17. The van der Waals surface area contributed by atoms with Crippen LogP contribution in [0.1, 0.15) is 24.2 Å². The molecule has 1 fully saturated rings. The van der Waals surface area contributed by atoms with Crippen molar-refractivity contribution in [2.75, 3.05) is 19.6 Å². The molecule has 110 valence electrons. The van der Waals surface area contributed by atoms with E-state index in [0.717, 1.165) is 25.9 Å². The highest BCUT2D eigenvalue weighted by molar-refractivity contribution is 7.89. The number of aromatic amines is 1. The number of nitriles is 1. The summed E-state index contributed by atoms with van der Waals surface area (Å²) >= 11 is 0. The summed E-state index contributed by atoms with van der Waals surface area (Å²) in [7, 11) is -3.53. The fraction of sp³-hybridized carbons (Fsp3) is 0.667. The lowest BCUT2D eigenvalue weighted by molar-refractivity contribution is 0.229. The number of rotatable bonds is 4. The topological polar surface area (TPSA) is 102 Å². The number of nitrogens with one attached hydrogen (secondary N) is 2. The molecule has 0 unspecified atom stereocenters. The van der Waals surface area contributed by atoms with E-state index in [2.05, 4.69) is 21.0 Å². The average Bonchev–Trinajstić information content (AvgIpc) is 2.72. The molecule has 0 atom stereocenters. The molecule has 0 radical (unpaired) electrons. The van der Waals surface area contributed by atoms with E-state index in [1.807, 2.05) is 4.90 Å². The highest BCUT2D eigenvalue weighted by atomic mass is 32.2. The molecule has 0 saturated carbocycles. The lowest BCUT2D eigenvalue weighted by Gasteiger charge is -2.30. The van der Waals surface area contributed by atoms with Crippen molar-refractivity contribution in [3.8, 4) is 6.07 Å². The Morgan fingerprint density at radius 3 is 2.60 bits per heavy atom. The van der Waals surface area contributed by atoms with Gasteiger partial charge in [0.15, 0.2) is 0 Å². The van der Waals surface area contributed by atoms with Crippen LogP contribution in [0.3, 0.4) is 0 Å². The van der Waals surface area contributed by atoms with Gasteiger partial charge in [0.05, 0.1) is 24.0 Å². The minimum Gasteiger partial charge on any atom is -0.290 e. The number of sulfonamides is 1. The number of aryl methyl sites for hydroxylation is 2. The molecular formula is C12H19N5O2S. The highest BCUT2D eigenvalue weighted by Crippen LogP contribution is 2.19. The quantitative estimate of drug-likeness (QED) is 0.778. The molecule has 1 aliphatic heterocycles. The maximum atomic E-state index is 12.4. The van der Waals surface area contributed by atoms with E-state index in [1.165, 1.54) is 0 Å². The molecule has 1 aromatic heterocycles. The van der Waals surface area contributed by atoms with Crippen LogP contribution >= 0.6 is 0 Å². The number of nitrogens with zero attached hydrogens (tertiary/aromatic N) is 3. The van der Waals surface area contributed by atoms with E-state index in [9.17, 15) is 8.42 Å². The second-order valence-corrected chi connectivity index (χ2v) is 6.74. The van der Waals surface area contributed by atoms with E-state index in [-0.39, 0.29) is 10.9 Å². The average molecular weight is 297 g/mol. The van der Waals surface area contributed by atoms with Gasteiger partial charge in [-0.3, -0.25) is 10.00 Å². The van der Waals surface area contributed by atoms with Crippen molar-refractivity contribution in [2.24, 2.45) is 0 Å². The van der Waals surface area contributed by atoms with Crippen molar-refractivity contribution in [1.82, 2.24) is 19.8 Å². The summed E-state index contributed by atoms with van der Waals surface area (Å²) in [5.41, 5.74) is 1.04. The Labute approximate surface area is 119 Å². The Morgan fingerprint density at radius 2 is 2.10 bits per heavy atom. The van der Waals surface area contributed by atoms with Crippen molar-refractivity contribution >= 4 is 10.0 Å². The first-order chi connectivity index (χ1) is 9.44. The van der Waals surface area contributed by atoms with Gasteiger partial charge in [0.1, 0.15) is 4.90 Å². The number of piperidine rings is 1. The summed E-state index contributed by atoms with van der Waals surface area (Å²) in [6, 6.07) is 2.03. The predicted octanol–water partition coefficient (Wildman–Crippen LogP) is 0.293. The molecule has 0 amide bonds. The van der Waals surface area contributed by atoms with Gasteiger partial charge in [-0.1, -0.05) is 0 Å². The van der Waals surface area contributed by atoms with Crippen LogP contribution in [-0.4, -0.2) is 49.2 Å². The van der Waals surface area contributed by atoms with Gasteiger partial charge >= 0.3 is 0 Å². The zero-order chi connectivity index (χ0) is 14.8. The zero-order valence-electron chi connectivity index (χ0n) is 11.7. The Bertz CT molecular complexity index is 589. The second kappa shape index (κ2) is 5.91. The molecule has 0 spiro atoms. The molecule has 0 aromatic carbocycles. The molecule has 1 aliphatic rings. The van der Waals surface area contributed by atoms with E-state index in [0.29, 0.717) is 17.9 Å². The van der Waals surface area contributed by atoms with Crippen LogP contribution in [0, 0.1) is 25.2 Å². The number of hydrogen-bond donors (Lipinski definition) is 2. The van der Waals surface area contributed by atoms with Crippen molar-refractivity contribution in [1.29, 1.82) is 5.26 Å². The lowest BCUT2D eigenvalue weighted by atomic mass is 10.1. The smallest absolute Gasteiger partial charge is 0.244 e. The third-order valence-corrected chi connectivity index (χ3v) is 5.32. The van der Waals surface area contributed by atoms with Gasteiger partial charge in [0.2, 0.25) is 10.0 Å². The molecule has 20 heavy (non-hydrogen) atoms. The van der Waals surface area contributed by atoms with Crippen LogP contribution in [0.5, 0.6) is 0 Å². The van der Waals surface area contributed by atoms with Crippen LogP contribution in [0.15, 0.2) is 4.90 Å². The first-order valence-electron chi connectivity index (χ1n) is 6.57. The minimum absolute atomic E-state index is 0.0800. The molecule has 0 aliphatic carbocycles. The Balaban J connectivity index is 2.03. The first kappa shape index (κ1) is 15.0. The van der Waals surface area contributed by atoms with Gasteiger partial charge in [-0.05, 0) is 26.7 Å². The first-order valence-corrected chi connectivity index (χ1v) is 8.05. The van der Waals surface area contributed by atoms with Gasteiger partial charge in [-0.2, -0.15) is 10.4 Å². The molecule has 2 heterocycles. The summed E-state index contributed by atoms with van der Waals surface area (Å²) in [4.78, 5) is 2.27. The van der Waals surface area contributed by atoms with Gasteiger partial charge in [-0.25, -0.2) is 13.1 Å². The third-order valence-electron chi connectivity index (χ3n) is 3.53. The van der Waals surface area contributed by atoms with Crippen molar-refractivity contribution in [3.05, 3.63) is 11.4 Å². The Kier molecular flexibility index (Phi) is 4.42. The Morgan fingerprint density at radius 1 is 1.45 bits per heavy atom. The number of likely N-dealkylation sites (tertiary alicyclic amines) is 1. The number of aromatic nitrogens is 2. The van der Waals surface area contributed by atoms with Gasteiger partial charge in [0.25, 0.3) is 0 Å². The number of H-pyrrole nitrogens is 1. The van der Waals surface area contributed by atoms with Crippen LogP contribution in [-0.2, 0) is 10.0 Å².